The maximum Gasteiger partial charge on any atom is 0.331 e. The average molecular weight is 693 g/mol. The van der Waals surface area contributed by atoms with Crippen LogP contribution in [0.1, 0.15) is 75.7 Å². The zero-order valence-corrected chi connectivity index (χ0v) is 31.0. The summed E-state index contributed by atoms with van der Waals surface area (Å²) >= 11 is 0. The molecule has 0 saturated heterocycles. The summed E-state index contributed by atoms with van der Waals surface area (Å²) in [6.45, 7) is 27.0. The Labute approximate surface area is 291 Å². The van der Waals surface area contributed by atoms with E-state index < -0.39 is 41.8 Å². The Morgan fingerprint density at radius 2 is 0.878 bits per heavy atom. The molecule has 0 N–H and O–H groups in total. The molecule has 0 fully saturated rings. The van der Waals surface area contributed by atoms with Gasteiger partial charge >= 0.3 is 11.9 Å². The van der Waals surface area contributed by atoms with Crippen LogP contribution in [-0.2, 0) is 57.0 Å². The van der Waals surface area contributed by atoms with Crippen molar-refractivity contribution < 1.29 is 57.0 Å². The van der Waals surface area contributed by atoms with Gasteiger partial charge < -0.3 is 47.4 Å². The van der Waals surface area contributed by atoms with Crippen LogP contribution in [0.15, 0.2) is 71.0 Å². The molecule has 0 aliphatic heterocycles. The van der Waals surface area contributed by atoms with E-state index >= 15 is 0 Å². The van der Waals surface area contributed by atoms with Crippen LogP contribution in [-0.4, -0.2) is 88.2 Å². The average Bonchev–Trinajstić information content (AvgIpc) is 3.08. The summed E-state index contributed by atoms with van der Waals surface area (Å²) in [4.78, 5) is 27.2. The van der Waals surface area contributed by atoms with E-state index in [1.165, 1.54) is 0 Å². The number of rotatable bonds is 22. The Kier molecular flexibility index (Phi) is 16.3. The number of esters is 2. The third-order valence-corrected chi connectivity index (χ3v) is 7.77. The Balaban J connectivity index is 3.38. The SMILES string of the molecule is C=CC(=O)OC1(CC2(OC(=O)C=C)C(OCC)=C(OCC)C(C)=C(OCC)C2OCC)C(OCC)=C(OCC)C(C)=C(OCC)C1OCC. The second-order valence-electron chi connectivity index (χ2n) is 10.8. The third kappa shape index (κ3) is 8.46. The van der Waals surface area contributed by atoms with Gasteiger partial charge in [0.05, 0.1) is 39.6 Å². The summed E-state index contributed by atoms with van der Waals surface area (Å²) in [6.07, 6.45) is -0.627. The lowest BCUT2D eigenvalue weighted by Crippen LogP contribution is -2.63. The Morgan fingerprint density at radius 3 is 1.14 bits per heavy atom. The predicted molar refractivity (Wildman–Crippen MR) is 183 cm³/mol. The molecule has 0 radical (unpaired) electrons. The lowest BCUT2D eigenvalue weighted by molar-refractivity contribution is -0.213. The van der Waals surface area contributed by atoms with Gasteiger partial charge in [-0.05, 0) is 69.2 Å². The monoisotopic (exact) mass is 692 g/mol. The molecular weight excluding hydrogens is 636 g/mol. The van der Waals surface area contributed by atoms with Gasteiger partial charge in [0.1, 0.15) is 11.5 Å². The fourth-order valence-electron chi connectivity index (χ4n) is 6.19. The molecule has 0 bridgehead atoms. The van der Waals surface area contributed by atoms with Crippen LogP contribution >= 0.6 is 0 Å². The minimum Gasteiger partial charge on any atom is -0.495 e. The van der Waals surface area contributed by atoms with E-state index in [-0.39, 0.29) is 75.9 Å². The van der Waals surface area contributed by atoms with Crippen molar-refractivity contribution in [1.82, 2.24) is 0 Å². The number of hydrogen-bond acceptors (Lipinski definition) is 12. The molecule has 4 unspecified atom stereocenters. The Morgan fingerprint density at radius 1 is 0.551 bits per heavy atom. The number of carbonyl (C=O) groups excluding carboxylic acids is 2. The molecule has 0 aromatic carbocycles. The van der Waals surface area contributed by atoms with E-state index in [1.54, 1.807) is 27.7 Å². The minimum atomic E-state index is -1.95. The van der Waals surface area contributed by atoms with Crippen molar-refractivity contribution >= 4 is 11.9 Å². The Hall–Kier alpha value is -3.90. The van der Waals surface area contributed by atoms with Crippen LogP contribution in [0.2, 0.25) is 0 Å². The second-order valence-corrected chi connectivity index (χ2v) is 10.8. The van der Waals surface area contributed by atoms with E-state index in [2.05, 4.69) is 13.2 Å². The summed E-state index contributed by atoms with van der Waals surface area (Å²) in [5, 5.41) is 0. The lowest BCUT2D eigenvalue weighted by Gasteiger charge is -2.51. The van der Waals surface area contributed by atoms with E-state index in [4.69, 9.17) is 47.4 Å². The molecule has 0 aromatic heterocycles. The van der Waals surface area contributed by atoms with Gasteiger partial charge in [0, 0.05) is 42.9 Å². The minimum absolute atomic E-state index is 0.119. The number of carbonyl (C=O) groups is 2. The molecule has 2 rings (SSSR count). The van der Waals surface area contributed by atoms with E-state index in [0.717, 1.165) is 12.2 Å². The summed E-state index contributed by atoms with van der Waals surface area (Å²) in [7, 11) is 0. The molecule has 4 atom stereocenters. The zero-order valence-electron chi connectivity index (χ0n) is 31.0. The van der Waals surface area contributed by atoms with Crippen LogP contribution in [0.3, 0.4) is 0 Å². The standard InChI is InChI=1S/C37H56O12/c1-13-26(38)48-36(32(44-19-7)28(40-15-3)24(11)29(41-16-4)33(36)45-20-8)23-37(49-27(39)14-2)34(46-21-9)30(42-17-5)25(12)31(43-18-6)35(37)47-22-10/h13-14,32,34H,1-2,15-23H2,3-12H3. The normalized spacial score (nSPS) is 24.0. The van der Waals surface area contributed by atoms with E-state index in [0.29, 0.717) is 22.7 Å². The summed E-state index contributed by atoms with van der Waals surface area (Å²) < 4.78 is 63.6. The fourth-order valence-corrected chi connectivity index (χ4v) is 6.19. The quantitative estimate of drug-likeness (QED) is 0.0928. The van der Waals surface area contributed by atoms with Crippen molar-refractivity contribution in [2.45, 2.75) is 99.1 Å². The molecule has 0 amide bonds. The van der Waals surface area contributed by atoms with E-state index in [9.17, 15) is 9.59 Å². The number of hydrogen-bond donors (Lipinski definition) is 0. The topological polar surface area (TPSA) is 126 Å². The highest BCUT2D eigenvalue weighted by Crippen LogP contribution is 2.54. The van der Waals surface area contributed by atoms with Gasteiger partial charge in [0.2, 0.25) is 11.2 Å². The third-order valence-electron chi connectivity index (χ3n) is 7.77. The summed E-state index contributed by atoms with van der Waals surface area (Å²) in [5.41, 5.74) is -2.74. The lowest BCUT2D eigenvalue weighted by atomic mass is 9.71. The highest BCUT2D eigenvalue weighted by atomic mass is 16.6. The highest BCUT2D eigenvalue weighted by Gasteiger charge is 2.66. The molecule has 0 aromatic rings. The molecule has 0 saturated carbocycles. The molecule has 12 nitrogen and oxygen atoms in total. The van der Waals surface area contributed by atoms with Gasteiger partial charge in [-0.2, -0.15) is 0 Å². The molecule has 0 spiro atoms. The van der Waals surface area contributed by atoms with Gasteiger partial charge in [-0.15, -0.1) is 0 Å². The van der Waals surface area contributed by atoms with Gasteiger partial charge in [-0.3, -0.25) is 0 Å². The number of ether oxygens (including phenoxy) is 10. The highest BCUT2D eigenvalue weighted by molar-refractivity contribution is 5.83. The first-order chi connectivity index (χ1) is 23.5. The Bertz CT molecular complexity index is 1210. The molecule has 49 heavy (non-hydrogen) atoms. The van der Waals surface area contributed by atoms with Crippen molar-refractivity contribution in [3.05, 3.63) is 71.0 Å². The zero-order chi connectivity index (χ0) is 36.8. The first-order valence-corrected chi connectivity index (χ1v) is 17.1. The predicted octanol–water partition coefficient (Wildman–Crippen LogP) is 6.34. The van der Waals surface area contributed by atoms with Crippen LogP contribution in [0.4, 0.5) is 0 Å². The van der Waals surface area contributed by atoms with E-state index in [1.807, 2.05) is 41.5 Å². The maximum atomic E-state index is 13.6. The molecule has 2 aliphatic carbocycles. The molecule has 2 aliphatic rings. The smallest absolute Gasteiger partial charge is 0.331 e. The molecule has 12 heteroatoms. The summed E-state index contributed by atoms with van der Waals surface area (Å²) in [6, 6.07) is 0. The number of allylic oxidation sites excluding steroid dienone is 2. The van der Waals surface area contributed by atoms with Crippen molar-refractivity contribution in [3.8, 4) is 0 Å². The van der Waals surface area contributed by atoms with Crippen LogP contribution in [0.25, 0.3) is 0 Å². The van der Waals surface area contributed by atoms with Crippen LogP contribution < -0.4 is 0 Å². The van der Waals surface area contributed by atoms with Crippen LogP contribution in [0.5, 0.6) is 0 Å². The summed E-state index contributed by atoms with van der Waals surface area (Å²) in [5.74, 6) is -0.160. The van der Waals surface area contributed by atoms with Crippen molar-refractivity contribution in [1.29, 1.82) is 0 Å². The molecular formula is C37H56O12. The first kappa shape index (κ1) is 41.3. The second kappa shape index (κ2) is 19.3. The van der Waals surface area contributed by atoms with Crippen LogP contribution in [0, 0.1) is 0 Å². The fraction of sp³-hybridized carbons (Fsp3) is 0.622. The van der Waals surface area contributed by atoms with Gasteiger partial charge in [0.25, 0.3) is 0 Å². The van der Waals surface area contributed by atoms with Crippen molar-refractivity contribution in [2.75, 3.05) is 52.9 Å². The van der Waals surface area contributed by atoms with Gasteiger partial charge in [-0.1, -0.05) is 13.2 Å². The maximum absolute atomic E-state index is 13.6. The van der Waals surface area contributed by atoms with Gasteiger partial charge in [0.15, 0.2) is 35.2 Å². The van der Waals surface area contributed by atoms with Crippen molar-refractivity contribution in [3.63, 3.8) is 0 Å². The molecule has 0 heterocycles. The van der Waals surface area contributed by atoms with Crippen molar-refractivity contribution in [2.24, 2.45) is 0 Å². The van der Waals surface area contributed by atoms with Gasteiger partial charge in [-0.25, -0.2) is 9.59 Å². The first-order valence-electron chi connectivity index (χ1n) is 17.1. The largest absolute Gasteiger partial charge is 0.495 e. The molecule has 276 valence electrons.